The molecule has 0 saturated heterocycles. The smallest absolute Gasteiger partial charge is 0.264 e. The fraction of sp³-hybridized carbons (Fsp3) is 0.400. The van der Waals surface area contributed by atoms with Crippen LogP contribution in [0, 0.1) is 0 Å². The lowest BCUT2D eigenvalue weighted by atomic mass is 9.96. The van der Waals surface area contributed by atoms with Crippen molar-refractivity contribution in [3.8, 4) is 5.75 Å². The Morgan fingerprint density at radius 2 is 1.85 bits per heavy atom. The number of rotatable bonds is 2. The molecule has 13 heavy (non-hydrogen) atoms. The van der Waals surface area contributed by atoms with Gasteiger partial charge in [0.1, 0.15) is 5.75 Å². The summed E-state index contributed by atoms with van der Waals surface area (Å²) in [5.41, 5.74) is 0.271. The van der Waals surface area contributed by atoms with Crippen molar-refractivity contribution in [1.82, 2.24) is 0 Å². The van der Waals surface area contributed by atoms with E-state index >= 15 is 0 Å². The van der Waals surface area contributed by atoms with E-state index in [1.54, 1.807) is 13.8 Å². The lowest BCUT2D eigenvalue weighted by molar-refractivity contribution is 0.149. The fourth-order valence-corrected chi connectivity index (χ4v) is 1.39. The predicted molar refractivity (Wildman–Crippen MR) is 47.2 cm³/mol. The normalized spacial score (nSPS) is 11.2. The van der Waals surface area contributed by atoms with Gasteiger partial charge in [0.05, 0.1) is 0 Å². The van der Waals surface area contributed by atoms with Crippen molar-refractivity contribution in [2.24, 2.45) is 0 Å². The third-order valence-corrected chi connectivity index (χ3v) is 1.93. The summed E-state index contributed by atoms with van der Waals surface area (Å²) in [7, 11) is 0. The molecular weight excluding hydrogens is 174 g/mol. The van der Waals surface area contributed by atoms with E-state index in [0.29, 0.717) is 5.56 Å². The standard InChI is InChI=1S/C10H12F2O/c1-6(2)9-7(10(11)12)4-3-5-8(9)13/h3-6,10,13H,1-2H3. The van der Waals surface area contributed by atoms with Gasteiger partial charge < -0.3 is 5.11 Å². The van der Waals surface area contributed by atoms with Crippen LogP contribution in [0.2, 0.25) is 0 Å². The first-order valence-corrected chi connectivity index (χ1v) is 4.14. The molecule has 1 rings (SSSR count). The quantitative estimate of drug-likeness (QED) is 0.749. The summed E-state index contributed by atoms with van der Waals surface area (Å²) in [6.45, 7) is 3.56. The highest BCUT2D eigenvalue weighted by Gasteiger charge is 2.17. The largest absolute Gasteiger partial charge is 0.508 e. The Balaban J connectivity index is 3.26. The predicted octanol–water partition coefficient (Wildman–Crippen LogP) is 3.45. The minimum Gasteiger partial charge on any atom is -0.508 e. The summed E-state index contributed by atoms with van der Waals surface area (Å²) < 4.78 is 24.9. The number of phenolic OH excluding ortho intramolecular Hbond substituents is 1. The van der Waals surface area contributed by atoms with Crippen LogP contribution in [-0.4, -0.2) is 5.11 Å². The first-order chi connectivity index (χ1) is 6.04. The summed E-state index contributed by atoms with van der Waals surface area (Å²) in [6, 6.07) is 4.21. The highest BCUT2D eigenvalue weighted by Crippen LogP contribution is 2.34. The second-order valence-corrected chi connectivity index (χ2v) is 3.24. The maximum atomic E-state index is 12.5. The summed E-state index contributed by atoms with van der Waals surface area (Å²) in [5.74, 6) is -0.141. The number of hydrogen-bond acceptors (Lipinski definition) is 1. The van der Waals surface area contributed by atoms with E-state index in [9.17, 15) is 13.9 Å². The molecule has 3 heteroatoms. The first-order valence-electron chi connectivity index (χ1n) is 4.14. The van der Waals surface area contributed by atoms with E-state index in [0.717, 1.165) is 0 Å². The number of hydrogen-bond donors (Lipinski definition) is 1. The number of alkyl halides is 2. The molecule has 0 saturated carbocycles. The monoisotopic (exact) mass is 186 g/mol. The summed E-state index contributed by atoms with van der Waals surface area (Å²) in [5, 5.41) is 9.38. The average molecular weight is 186 g/mol. The molecule has 0 amide bonds. The van der Waals surface area contributed by atoms with Crippen molar-refractivity contribution in [2.75, 3.05) is 0 Å². The molecule has 1 nitrogen and oxygen atoms in total. The maximum Gasteiger partial charge on any atom is 0.264 e. The van der Waals surface area contributed by atoms with Gasteiger partial charge in [0.2, 0.25) is 0 Å². The topological polar surface area (TPSA) is 20.2 Å². The molecule has 0 fully saturated rings. The van der Waals surface area contributed by atoms with Gasteiger partial charge in [0.15, 0.2) is 0 Å². The van der Waals surface area contributed by atoms with Crippen LogP contribution in [0.25, 0.3) is 0 Å². The molecule has 1 aromatic carbocycles. The van der Waals surface area contributed by atoms with E-state index in [1.807, 2.05) is 0 Å². The molecule has 0 bridgehead atoms. The molecule has 0 aliphatic heterocycles. The lowest BCUT2D eigenvalue weighted by Crippen LogP contribution is -1.97. The molecule has 0 heterocycles. The van der Waals surface area contributed by atoms with E-state index < -0.39 is 6.43 Å². The zero-order valence-electron chi connectivity index (χ0n) is 7.59. The lowest BCUT2D eigenvalue weighted by Gasteiger charge is -2.13. The summed E-state index contributed by atoms with van der Waals surface area (Å²) >= 11 is 0. The second kappa shape index (κ2) is 3.73. The Bertz CT molecular complexity index is 295. The van der Waals surface area contributed by atoms with Crippen molar-refractivity contribution in [3.05, 3.63) is 29.3 Å². The first kappa shape index (κ1) is 9.96. The molecular formula is C10H12F2O. The van der Waals surface area contributed by atoms with Crippen LogP contribution in [0.4, 0.5) is 8.78 Å². The number of phenols is 1. The van der Waals surface area contributed by atoms with E-state index in [-0.39, 0.29) is 17.2 Å². The molecule has 0 aliphatic rings. The van der Waals surface area contributed by atoms with E-state index in [4.69, 9.17) is 0 Å². The third-order valence-electron chi connectivity index (χ3n) is 1.93. The number of aromatic hydroxyl groups is 1. The Hall–Kier alpha value is -1.12. The average Bonchev–Trinajstić information content (AvgIpc) is 2.02. The SMILES string of the molecule is CC(C)c1c(O)cccc1C(F)F. The molecule has 1 aromatic rings. The van der Waals surface area contributed by atoms with Crippen LogP contribution in [0.3, 0.4) is 0 Å². The molecule has 72 valence electrons. The Morgan fingerprint density at radius 1 is 1.23 bits per heavy atom. The molecule has 1 N–H and O–H groups in total. The Morgan fingerprint density at radius 3 is 2.23 bits per heavy atom. The molecule has 0 aliphatic carbocycles. The van der Waals surface area contributed by atoms with E-state index in [1.165, 1.54) is 18.2 Å². The zero-order chi connectivity index (χ0) is 10.0. The van der Waals surface area contributed by atoms with Crippen molar-refractivity contribution in [3.63, 3.8) is 0 Å². The molecule has 0 unspecified atom stereocenters. The molecule has 0 spiro atoms. The van der Waals surface area contributed by atoms with Crippen molar-refractivity contribution in [1.29, 1.82) is 0 Å². The van der Waals surface area contributed by atoms with Gasteiger partial charge in [-0.3, -0.25) is 0 Å². The molecule has 0 atom stereocenters. The van der Waals surface area contributed by atoms with Gasteiger partial charge in [-0.25, -0.2) is 8.78 Å². The summed E-state index contributed by atoms with van der Waals surface area (Å²) in [6.07, 6.45) is -2.52. The minimum atomic E-state index is -2.52. The van der Waals surface area contributed by atoms with Crippen LogP contribution in [0.1, 0.15) is 37.3 Å². The van der Waals surface area contributed by atoms with Crippen molar-refractivity contribution >= 4 is 0 Å². The van der Waals surface area contributed by atoms with Gasteiger partial charge in [0, 0.05) is 11.1 Å². The molecule has 0 radical (unpaired) electrons. The zero-order valence-corrected chi connectivity index (χ0v) is 7.59. The Labute approximate surface area is 76.0 Å². The molecule has 0 aromatic heterocycles. The van der Waals surface area contributed by atoms with Crippen LogP contribution in [0.5, 0.6) is 5.75 Å². The second-order valence-electron chi connectivity index (χ2n) is 3.24. The van der Waals surface area contributed by atoms with Gasteiger partial charge in [-0.05, 0) is 12.0 Å². The highest BCUT2D eigenvalue weighted by atomic mass is 19.3. The highest BCUT2D eigenvalue weighted by molar-refractivity contribution is 5.41. The van der Waals surface area contributed by atoms with Gasteiger partial charge in [0.25, 0.3) is 6.43 Å². The Kier molecular flexibility index (Phi) is 2.86. The van der Waals surface area contributed by atoms with Gasteiger partial charge in [-0.15, -0.1) is 0 Å². The van der Waals surface area contributed by atoms with Crippen LogP contribution in [-0.2, 0) is 0 Å². The maximum absolute atomic E-state index is 12.5. The fourth-order valence-electron chi connectivity index (χ4n) is 1.39. The van der Waals surface area contributed by atoms with Gasteiger partial charge >= 0.3 is 0 Å². The third kappa shape index (κ3) is 1.97. The van der Waals surface area contributed by atoms with Gasteiger partial charge in [-0.2, -0.15) is 0 Å². The van der Waals surface area contributed by atoms with Crippen molar-refractivity contribution in [2.45, 2.75) is 26.2 Å². The van der Waals surface area contributed by atoms with Crippen LogP contribution < -0.4 is 0 Å². The number of benzene rings is 1. The van der Waals surface area contributed by atoms with E-state index in [2.05, 4.69) is 0 Å². The minimum absolute atomic E-state index is 0.0483. The van der Waals surface area contributed by atoms with Crippen molar-refractivity contribution < 1.29 is 13.9 Å². The van der Waals surface area contributed by atoms with Crippen LogP contribution >= 0.6 is 0 Å². The van der Waals surface area contributed by atoms with Gasteiger partial charge in [-0.1, -0.05) is 26.0 Å². The summed E-state index contributed by atoms with van der Waals surface area (Å²) in [4.78, 5) is 0. The van der Waals surface area contributed by atoms with Crippen LogP contribution in [0.15, 0.2) is 18.2 Å². The number of halogens is 2.